The van der Waals surface area contributed by atoms with Crippen LogP contribution < -0.4 is 11.1 Å². The molecule has 6 nitrogen and oxygen atoms in total. The van der Waals surface area contributed by atoms with E-state index < -0.39 is 6.04 Å². The molecule has 1 aliphatic heterocycles. The highest BCUT2D eigenvalue weighted by Gasteiger charge is 2.23. The minimum Gasteiger partial charge on any atom is -0.352 e. The molecule has 0 bridgehead atoms. The van der Waals surface area contributed by atoms with Crippen LogP contribution in [-0.2, 0) is 4.79 Å². The van der Waals surface area contributed by atoms with Crippen LogP contribution in [0.1, 0.15) is 23.2 Å². The molecule has 1 saturated heterocycles. The molecule has 3 N–H and O–H groups in total. The van der Waals surface area contributed by atoms with Gasteiger partial charge in [-0.05, 0) is 25.0 Å². The van der Waals surface area contributed by atoms with Crippen molar-refractivity contribution in [1.29, 1.82) is 0 Å². The highest BCUT2D eigenvalue weighted by Crippen LogP contribution is 2.14. The molecule has 2 heterocycles. The van der Waals surface area contributed by atoms with Gasteiger partial charge in [-0.1, -0.05) is 0 Å². The quantitative estimate of drug-likeness (QED) is 0.745. The third-order valence-electron chi connectivity index (χ3n) is 3.28. The smallest absolute Gasteiger partial charge is 0.252 e. The van der Waals surface area contributed by atoms with Crippen molar-refractivity contribution in [3.8, 4) is 0 Å². The van der Waals surface area contributed by atoms with E-state index in [-0.39, 0.29) is 11.8 Å². The van der Waals surface area contributed by atoms with Gasteiger partial charge in [-0.25, -0.2) is 0 Å². The predicted molar refractivity (Wildman–Crippen MR) is 82.8 cm³/mol. The van der Waals surface area contributed by atoms with Gasteiger partial charge in [0.15, 0.2) is 0 Å². The summed E-state index contributed by atoms with van der Waals surface area (Å²) in [7, 11) is 0. The molecule has 2 rings (SSSR count). The Bertz CT molecular complexity index is 477. The van der Waals surface area contributed by atoms with E-state index in [0.29, 0.717) is 24.9 Å². The number of nitrogens with one attached hydrogen (secondary N) is 1. The van der Waals surface area contributed by atoms with Crippen LogP contribution in [0.3, 0.4) is 0 Å². The lowest BCUT2D eigenvalue weighted by Crippen LogP contribution is -2.42. The van der Waals surface area contributed by atoms with Crippen molar-refractivity contribution in [3.63, 3.8) is 0 Å². The zero-order valence-electron chi connectivity index (χ0n) is 11.8. The Hall–Kier alpha value is -1.60. The summed E-state index contributed by atoms with van der Waals surface area (Å²) in [6.45, 7) is 1.29. The molecule has 0 aromatic carbocycles. The van der Waals surface area contributed by atoms with E-state index in [4.69, 9.17) is 5.73 Å². The molecule has 1 aromatic rings. The van der Waals surface area contributed by atoms with Crippen LogP contribution in [0.4, 0.5) is 0 Å². The fourth-order valence-electron chi connectivity index (χ4n) is 2.07. The molecule has 1 aliphatic rings. The number of carbonyl (C=O) groups is 2. The Morgan fingerprint density at radius 2 is 2.38 bits per heavy atom. The summed E-state index contributed by atoms with van der Waals surface area (Å²) in [6, 6.07) is 2.96. The first-order valence-corrected chi connectivity index (χ1v) is 8.14. The number of hydrogen-bond acceptors (Lipinski definition) is 5. The molecule has 0 aliphatic carbocycles. The number of amides is 2. The van der Waals surface area contributed by atoms with Crippen LogP contribution in [0.15, 0.2) is 24.5 Å². The standard InChI is InChI=1S/C14H20N4O2S/c15-12(14(20)18-7-8-21-10-18)4-2-6-17-13(19)11-3-1-5-16-9-11/h1,3,5,9,12H,2,4,6-8,10,15H2,(H,17,19)/t12-/m1/s1. The fourth-order valence-corrected chi connectivity index (χ4v) is 3.02. The summed E-state index contributed by atoms with van der Waals surface area (Å²) in [6.07, 6.45) is 4.40. The zero-order chi connectivity index (χ0) is 15.1. The van der Waals surface area contributed by atoms with Gasteiger partial charge in [-0.15, -0.1) is 11.8 Å². The van der Waals surface area contributed by atoms with Crippen molar-refractivity contribution in [2.75, 3.05) is 24.7 Å². The largest absolute Gasteiger partial charge is 0.352 e. The van der Waals surface area contributed by atoms with Gasteiger partial charge in [0.25, 0.3) is 5.91 Å². The Labute approximate surface area is 128 Å². The SMILES string of the molecule is N[C@H](CCCNC(=O)c1cccnc1)C(=O)N1CCSC1. The summed E-state index contributed by atoms with van der Waals surface area (Å²) in [5.41, 5.74) is 6.44. The van der Waals surface area contributed by atoms with Crippen molar-refractivity contribution in [3.05, 3.63) is 30.1 Å². The molecule has 0 spiro atoms. The predicted octanol–water partition coefficient (Wildman–Crippen LogP) is 0.452. The molecule has 0 radical (unpaired) electrons. The normalized spacial score (nSPS) is 15.8. The van der Waals surface area contributed by atoms with Gasteiger partial charge in [0, 0.05) is 31.2 Å². The van der Waals surface area contributed by atoms with E-state index in [0.717, 1.165) is 18.2 Å². The summed E-state index contributed by atoms with van der Waals surface area (Å²) in [4.78, 5) is 29.5. The van der Waals surface area contributed by atoms with Crippen LogP contribution in [0.25, 0.3) is 0 Å². The Morgan fingerprint density at radius 3 is 3.05 bits per heavy atom. The van der Waals surface area contributed by atoms with Crippen LogP contribution >= 0.6 is 11.8 Å². The van der Waals surface area contributed by atoms with Gasteiger partial charge < -0.3 is 16.0 Å². The second-order valence-electron chi connectivity index (χ2n) is 4.89. The van der Waals surface area contributed by atoms with Crippen LogP contribution in [0.5, 0.6) is 0 Å². The summed E-state index contributed by atoms with van der Waals surface area (Å²) in [5, 5.41) is 2.80. The Morgan fingerprint density at radius 1 is 1.52 bits per heavy atom. The number of rotatable bonds is 6. The molecule has 0 saturated carbocycles. The van der Waals surface area contributed by atoms with Gasteiger partial charge in [-0.3, -0.25) is 14.6 Å². The van der Waals surface area contributed by atoms with Crippen molar-refractivity contribution < 1.29 is 9.59 Å². The molecule has 0 unspecified atom stereocenters. The minimum absolute atomic E-state index is 0.0126. The van der Waals surface area contributed by atoms with E-state index in [9.17, 15) is 9.59 Å². The molecule has 21 heavy (non-hydrogen) atoms. The van der Waals surface area contributed by atoms with Gasteiger partial charge in [0.2, 0.25) is 5.91 Å². The topological polar surface area (TPSA) is 88.3 Å². The maximum absolute atomic E-state index is 12.0. The van der Waals surface area contributed by atoms with E-state index in [1.807, 2.05) is 0 Å². The van der Waals surface area contributed by atoms with Crippen LogP contribution in [0.2, 0.25) is 0 Å². The van der Waals surface area contributed by atoms with Gasteiger partial charge in [0.1, 0.15) is 0 Å². The lowest BCUT2D eigenvalue weighted by atomic mass is 10.1. The second-order valence-corrected chi connectivity index (χ2v) is 5.96. The molecule has 1 fully saturated rings. The van der Waals surface area contributed by atoms with Crippen molar-refractivity contribution >= 4 is 23.6 Å². The number of hydrogen-bond donors (Lipinski definition) is 2. The molecule has 1 aromatic heterocycles. The number of carbonyl (C=O) groups excluding carboxylic acids is 2. The summed E-state index contributed by atoms with van der Waals surface area (Å²) in [5.74, 6) is 1.58. The number of pyridine rings is 1. The van der Waals surface area contributed by atoms with Crippen LogP contribution in [0, 0.1) is 0 Å². The number of nitrogens with two attached hydrogens (primary N) is 1. The van der Waals surface area contributed by atoms with Gasteiger partial charge in [-0.2, -0.15) is 0 Å². The molecule has 2 amide bonds. The molecule has 7 heteroatoms. The van der Waals surface area contributed by atoms with Crippen molar-refractivity contribution in [1.82, 2.24) is 15.2 Å². The summed E-state index contributed by atoms with van der Waals surface area (Å²) < 4.78 is 0. The first-order valence-electron chi connectivity index (χ1n) is 6.99. The van der Waals surface area contributed by atoms with Crippen molar-refractivity contribution in [2.45, 2.75) is 18.9 Å². The van der Waals surface area contributed by atoms with Crippen LogP contribution in [-0.4, -0.2) is 52.5 Å². The Balaban J connectivity index is 1.65. The molecule has 1 atom stereocenters. The average Bonchev–Trinajstić information content (AvgIpc) is 3.05. The monoisotopic (exact) mass is 308 g/mol. The minimum atomic E-state index is -0.473. The van der Waals surface area contributed by atoms with E-state index in [1.165, 1.54) is 6.20 Å². The zero-order valence-corrected chi connectivity index (χ0v) is 12.6. The number of nitrogens with zero attached hydrogens (tertiary/aromatic N) is 2. The lowest BCUT2D eigenvalue weighted by molar-refractivity contribution is -0.131. The van der Waals surface area contributed by atoms with E-state index in [1.54, 1.807) is 35.0 Å². The fraction of sp³-hybridized carbons (Fsp3) is 0.500. The average molecular weight is 308 g/mol. The maximum atomic E-state index is 12.0. The molecule has 114 valence electrons. The Kier molecular flexibility index (Phi) is 6.01. The van der Waals surface area contributed by atoms with Gasteiger partial charge >= 0.3 is 0 Å². The number of aromatic nitrogens is 1. The molecular formula is C14H20N4O2S. The molecular weight excluding hydrogens is 288 g/mol. The third-order valence-corrected chi connectivity index (χ3v) is 4.25. The maximum Gasteiger partial charge on any atom is 0.252 e. The lowest BCUT2D eigenvalue weighted by Gasteiger charge is -2.19. The highest BCUT2D eigenvalue weighted by molar-refractivity contribution is 7.99. The summed E-state index contributed by atoms with van der Waals surface area (Å²) >= 11 is 1.74. The highest BCUT2D eigenvalue weighted by atomic mass is 32.2. The second kappa shape index (κ2) is 7.99. The van der Waals surface area contributed by atoms with Gasteiger partial charge in [0.05, 0.1) is 17.5 Å². The number of thioether (sulfide) groups is 1. The third kappa shape index (κ3) is 4.71. The first kappa shape index (κ1) is 15.8. The van der Waals surface area contributed by atoms with E-state index in [2.05, 4.69) is 10.3 Å². The first-order chi connectivity index (χ1) is 10.2. The van der Waals surface area contributed by atoms with Crippen molar-refractivity contribution in [2.24, 2.45) is 5.73 Å². The van der Waals surface area contributed by atoms with E-state index >= 15 is 0 Å².